The number of aliphatic carboxylic acids is 1. The highest BCUT2D eigenvalue weighted by atomic mass is 32.2. The quantitative estimate of drug-likeness (QED) is 0.902. The Balaban J connectivity index is 2.30. The Kier molecular flexibility index (Phi) is 3.64. The fraction of sp³-hybridized carbons (Fsp3) is 0.455. The van der Waals surface area contributed by atoms with E-state index in [4.69, 9.17) is 5.11 Å². The van der Waals surface area contributed by atoms with E-state index in [-0.39, 0.29) is 5.75 Å². The van der Waals surface area contributed by atoms with Crippen LogP contribution in [0.4, 0.5) is 0 Å². The van der Waals surface area contributed by atoms with Gasteiger partial charge in [-0.3, -0.25) is 9.20 Å². The Labute approximate surface area is 114 Å². The van der Waals surface area contributed by atoms with Crippen LogP contribution in [0.25, 0.3) is 4.96 Å². The minimum Gasteiger partial charge on any atom is -0.480 e. The first kappa shape index (κ1) is 14.0. The van der Waals surface area contributed by atoms with E-state index in [0.717, 1.165) is 0 Å². The van der Waals surface area contributed by atoms with Gasteiger partial charge in [0.1, 0.15) is 0 Å². The van der Waals surface area contributed by atoms with Crippen molar-refractivity contribution in [1.82, 2.24) is 9.38 Å². The fourth-order valence-corrected chi connectivity index (χ4v) is 4.58. The van der Waals surface area contributed by atoms with E-state index in [1.807, 2.05) is 5.38 Å². The molecule has 0 saturated heterocycles. The summed E-state index contributed by atoms with van der Waals surface area (Å²) >= 11 is 1.40. The maximum Gasteiger partial charge on any atom is 0.322 e. The van der Waals surface area contributed by atoms with Gasteiger partial charge in [0.15, 0.2) is 20.0 Å². The number of thiazole rings is 1. The molecule has 0 aliphatic rings. The molecule has 0 aliphatic heterocycles. The molecule has 1 unspecified atom stereocenters. The molecule has 0 spiro atoms. The zero-order valence-corrected chi connectivity index (χ0v) is 12.1. The molecule has 0 bridgehead atoms. The van der Waals surface area contributed by atoms with E-state index in [2.05, 4.69) is 4.98 Å². The molecule has 6 nitrogen and oxygen atoms in total. The number of nitrogens with zero attached hydrogens (tertiary/aromatic N) is 2. The summed E-state index contributed by atoms with van der Waals surface area (Å²) in [5.74, 6) is -2.14. The van der Waals surface area contributed by atoms with Crippen LogP contribution >= 0.6 is 11.3 Å². The number of imidazole rings is 1. The summed E-state index contributed by atoms with van der Waals surface area (Å²) in [6, 6.07) is 0. The molecule has 19 heavy (non-hydrogen) atoms. The average molecular weight is 302 g/mol. The summed E-state index contributed by atoms with van der Waals surface area (Å²) < 4.78 is 26.0. The van der Waals surface area contributed by atoms with E-state index in [1.165, 1.54) is 11.3 Å². The van der Waals surface area contributed by atoms with Crippen LogP contribution in [0.5, 0.6) is 0 Å². The Morgan fingerprint density at radius 3 is 2.74 bits per heavy atom. The third kappa shape index (κ3) is 2.79. The maximum atomic E-state index is 12.2. The Hall–Kier alpha value is -1.41. The normalized spacial score (nSPS) is 14.1. The van der Waals surface area contributed by atoms with Crippen molar-refractivity contribution in [1.29, 1.82) is 0 Å². The molecule has 1 N–H and O–H groups in total. The molecule has 2 rings (SSSR count). The zero-order valence-electron chi connectivity index (χ0n) is 10.5. The Bertz CT molecular complexity index is 671. The molecule has 1 atom stereocenters. The number of sulfone groups is 1. The molecule has 0 saturated carbocycles. The summed E-state index contributed by atoms with van der Waals surface area (Å²) in [6.07, 6.45) is 3.39. The van der Waals surface area contributed by atoms with Gasteiger partial charge in [-0.15, -0.1) is 11.3 Å². The van der Waals surface area contributed by atoms with Crippen molar-refractivity contribution in [2.45, 2.75) is 24.9 Å². The van der Waals surface area contributed by atoms with Gasteiger partial charge in [-0.1, -0.05) is 13.8 Å². The predicted molar refractivity (Wildman–Crippen MR) is 72.0 cm³/mol. The van der Waals surface area contributed by atoms with Crippen LogP contribution < -0.4 is 0 Å². The second-order valence-electron chi connectivity index (χ2n) is 4.64. The van der Waals surface area contributed by atoms with Crippen LogP contribution in [0.15, 0.2) is 17.8 Å². The van der Waals surface area contributed by atoms with Gasteiger partial charge >= 0.3 is 5.97 Å². The van der Waals surface area contributed by atoms with Gasteiger partial charge in [-0.2, -0.15) is 0 Å². The molecule has 0 aromatic carbocycles. The number of carboxylic acid groups (broad SMARTS) is 1. The van der Waals surface area contributed by atoms with Crippen molar-refractivity contribution in [2.75, 3.05) is 0 Å². The van der Waals surface area contributed by atoms with Crippen LogP contribution in [0.1, 0.15) is 19.5 Å². The van der Waals surface area contributed by atoms with Gasteiger partial charge in [0.25, 0.3) is 0 Å². The van der Waals surface area contributed by atoms with E-state index < -0.39 is 27.0 Å². The van der Waals surface area contributed by atoms with Crippen molar-refractivity contribution < 1.29 is 18.3 Å². The predicted octanol–water partition coefficient (Wildman–Crippen LogP) is 1.42. The van der Waals surface area contributed by atoms with Crippen molar-refractivity contribution in [3.8, 4) is 0 Å². The lowest BCUT2D eigenvalue weighted by molar-refractivity contribution is -0.137. The molecule has 0 radical (unpaired) electrons. The largest absolute Gasteiger partial charge is 0.480 e. The lowest BCUT2D eigenvalue weighted by Crippen LogP contribution is -2.35. The van der Waals surface area contributed by atoms with Gasteiger partial charge in [-0.25, -0.2) is 13.4 Å². The minimum absolute atomic E-state index is 0.351. The monoisotopic (exact) mass is 302 g/mol. The zero-order chi connectivity index (χ0) is 14.2. The van der Waals surface area contributed by atoms with Gasteiger partial charge < -0.3 is 5.11 Å². The highest BCUT2D eigenvalue weighted by Crippen LogP contribution is 2.19. The SMILES string of the molecule is CC(C)C(C(=O)O)S(=O)(=O)Cc1cn2ccsc2n1. The number of fused-ring (bicyclic) bond motifs is 1. The second-order valence-corrected chi connectivity index (χ2v) is 7.63. The van der Waals surface area contributed by atoms with E-state index in [9.17, 15) is 13.2 Å². The molecule has 104 valence electrons. The highest BCUT2D eigenvalue weighted by Gasteiger charge is 2.35. The number of aromatic nitrogens is 2. The molecular formula is C11H14N2O4S2. The fourth-order valence-electron chi connectivity index (χ4n) is 1.99. The average Bonchev–Trinajstić information content (AvgIpc) is 2.73. The topological polar surface area (TPSA) is 88.7 Å². The van der Waals surface area contributed by atoms with Crippen LogP contribution in [-0.4, -0.2) is 34.1 Å². The number of hydrogen-bond donors (Lipinski definition) is 1. The first-order valence-electron chi connectivity index (χ1n) is 5.66. The van der Waals surface area contributed by atoms with E-state index in [1.54, 1.807) is 30.6 Å². The molecule has 0 fully saturated rings. The van der Waals surface area contributed by atoms with Crippen molar-refractivity contribution in [3.63, 3.8) is 0 Å². The maximum absolute atomic E-state index is 12.2. The molecule has 2 heterocycles. The Morgan fingerprint density at radius 2 is 2.21 bits per heavy atom. The van der Waals surface area contributed by atoms with Crippen LogP contribution in [0.3, 0.4) is 0 Å². The number of hydrogen-bond acceptors (Lipinski definition) is 5. The summed E-state index contributed by atoms with van der Waals surface area (Å²) in [4.78, 5) is 16.0. The van der Waals surface area contributed by atoms with E-state index in [0.29, 0.717) is 10.7 Å². The Morgan fingerprint density at radius 1 is 1.53 bits per heavy atom. The second kappa shape index (κ2) is 4.93. The summed E-state index contributed by atoms with van der Waals surface area (Å²) in [7, 11) is -3.77. The summed E-state index contributed by atoms with van der Waals surface area (Å²) in [5, 5.41) is 9.50. The van der Waals surface area contributed by atoms with Crippen LogP contribution in [0, 0.1) is 5.92 Å². The minimum atomic E-state index is -3.77. The molecular weight excluding hydrogens is 288 g/mol. The lowest BCUT2D eigenvalue weighted by Gasteiger charge is -2.15. The standard InChI is InChI=1S/C11H14N2O4S2/c1-7(2)9(10(14)15)19(16,17)6-8-5-13-3-4-18-11(13)12-8/h3-5,7,9H,6H2,1-2H3,(H,14,15). The van der Waals surface area contributed by atoms with Crippen LogP contribution in [0.2, 0.25) is 0 Å². The molecule has 8 heteroatoms. The lowest BCUT2D eigenvalue weighted by atomic mass is 10.1. The van der Waals surface area contributed by atoms with Gasteiger partial charge in [0, 0.05) is 17.8 Å². The van der Waals surface area contributed by atoms with Crippen molar-refractivity contribution >= 4 is 32.1 Å². The van der Waals surface area contributed by atoms with Gasteiger partial charge in [-0.05, 0) is 5.92 Å². The molecule has 2 aromatic rings. The molecule has 0 aliphatic carbocycles. The third-order valence-corrected chi connectivity index (χ3v) is 5.72. The summed E-state index contributed by atoms with van der Waals surface area (Å²) in [5.41, 5.74) is 0.374. The van der Waals surface area contributed by atoms with Crippen LogP contribution in [-0.2, 0) is 20.4 Å². The van der Waals surface area contributed by atoms with Gasteiger partial charge in [0.05, 0.1) is 11.4 Å². The first-order chi connectivity index (χ1) is 8.81. The first-order valence-corrected chi connectivity index (χ1v) is 8.26. The van der Waals surface area contributed by atoms with Gasteiger partial charge in [0.2, 0.25) is 0 Å². The smallest absolute Gasteiger partial charge is 0.322 e. The molecule has 0 amide bonds. The molecule has 2 aromatic heterocycles. The van der Waals surface area contributed by atoms with Crippen molar-refractivity contribution in [2.24, 2.45) is 5.92 Å². The number of rotatable bonds is 5. The summed E-state index contributed by atoms with van der Waals surface area (Å²) in [6.45, 7) is 3.17. The third-order valence-electron chi connectivity index (χ3n) is 2.73. The highest BCUT2D eigenvalue weighted by molar-refractivity contribution is 7.92. The van der Waals surface area contributed by atoms with E-state index >= 15 is 0 Å². The number of carbonyl (C=O) groups is 1. The number of carboxylic acids is 1. The van der Waals surface area contributed by atoms with Crippen molar-refractivity contribution in [3.05, 3.63) is 23.5 Å².